The smallest absolute Gasteiger partial charge is 0.149 e. The quantitative estimate of drug-likeness (QED) is 0.753. The highest BCUT2D eigenvalue weighted by molar-refractivity contribution is 7.15. The highest BCUT2D eigenvalue weighted by atomic mass is 32.1. The van der Waals surface area contributed by atoms with Crippen LogP contribution in [0.15, 0.2) is 17.0 Å². The fourth-order valence-corrected chi connectivity index (χ4v) is 4.04. The van der Waals surface area contributed by atoms with E-state index in [-0.39, 0.29) is 0 Å². The molecule has 0 saturated heterocycles. The van der Waals surface area contributed by atoms with Crippen molar-refractivity contribution < 1.29 is 0 Å². The van der Waals surface area contributed by atoms with E-state index in [1.54, 1.807) is 22.7 Å². The van der Waals surface area contributed by atoms with Crippen LogP contribution in [0.3, 0.4) is 0 Å². The molecule has 5 nitrogen and oxygen atoms in total. The molecule has 0 fully saturated rings. The number of thiazole rings is 2. The van der Waals surface area contributed by atoms with Crippen molar-refractivity contribution in [1.29, 1.82) is 0 Å². The number of hydrogen-bond acceptors (Lipinski definition) is 8. The topological polar surface area (TPSA) is 76.7 Å². The van der Waals surface area contributed by atoms with Crippen molar-refractivity contribution in [1.82, 2.24) is 14.3 Å². The molecule has 0 saturated carbocycles. The second kappa shape index (κ2) is 5.86. The van der Waals surface area contributed by atoms with Crippen LogP contribution in [0.25, 0.3) is 10.6 Å². The predicted molar refractivity (Wildman–Crippen MR) is 86.7 cm³/mol. The Morgan fingerprint density at radius 1 is 1.35 bits per heavy atom. The third-order valence-corrected chi connectivity index (χ3v) is 5.30. The van der Waals surface area contributed by atoms with E-state index in [9.17, 15) is 0 Å². The van der Waals surface area contributed by atoms with Gasteiger partial charge in [-0.3, -0.25) is 0 Å². The number of nitrogens with zero attached hydrogens (tertiary/aromatic N) is 3. The van der Waals surface area contributed by atoms with Crippen LogP contribution in [0.4, 0.5) is 10.8 Å². The van der Waals surface area contributed by atoms with Gasteiger partial charge in [-0.15, -0.1) is 22.7 Å². The first kappa shape index (κ1) is 13.5. The standard InChI is InChI=1S/C12H13N5S3/c1-7-6-19-12(16-7)9-10(13)17-20-11(9)15-3-2-8-14-4-5-18-8/h4-6,15H,2-3H2,1H3,(H2,13,17). The third kappa shape index (κ3) is 2.82. The Bertz CT molecular complexity index is 686. The Balaban J connectivity index is 1.74. The SMILES string of the molecule is Cc1csc(-c2c(N)nsc2NCCc2nccs2)n1. The molecule has 3 aromatic rings. The summed E-state index contributed by atoms with van der Waals surface area (Å²) in [4.78, 5) is 8.76. The summed E-state index contributed by atoms with van der Waals surface area (Å²) in [5.41, 5.74) is 7.89. The van der Waals surface area contributed by atoms with E-state index in [2.05, 4.69) is 19.7 Å². The number of aryl methyl sites for hydroxylation is 1. The van der Waals surface area contributed by atoms with Gasteiger partial charge in [-0.05, 0) is 18.5 Å². The minimum absolute atomic E-state index is 0.543. The summed E-state index contributed by atoms with van der Waals surface area (Å²) in [6.07, 6.45) is 2.72. The molecule has 3 rings (SSSR count). The molecule has 20 heavy (non-hydrogen) atoms. The minimum Gasteiger partial charge on any atom is -0.382 e. The van der Waals surface area contributed by atoms with Crippen molar-refractivity contribution in [2.45, 2.75) is 13.3 Å². The minimum atomic E-state index is 0.543. The maximum atomic E-state index is 5.96. The molecule has 0 aliphatic carbocycles. The predicted octanol–water partition coefficient (Wildman–Crippen LogP) is 3.27. The van der Waals surface area contributed by atoms with Gasteiger partial charge in [0, 0.05) is 35.6 Å². The van der Waals surface area contributed by atoms with Crippen LogP contribution in [0.5, 0.6) is 0 Å². The molecular weight excluding hydrogens is 310 g/mol. The Morgan fingerprint density at radius 2 is 2.25 bits per heavy atom. The molecule has 3 heterocycles. The first-order valence-corrected chi connectivity index (χ1v) is 8.57. The van der Waals surface area contributed by atoms with Crippen LogP contribution in [0.2, 0.25) is 0 Å². The summed E-state index contributed by atoms with van der Waals surface area (Å²) in [6, 6.07) is 0. The van der Waals surface area contributed by atoms with Crippen molar-refractivity contribution in [3.05, 3.63) is 27.7 Å². The van der Waals surface area contributed by atoms with Gasteiger partial charge >= 0.3 is 0 Å². The number of nitrogens with one attached hydrogen (secondary N) is 1. The largest absolute Gasteiger partial charge is 0.382 e. The lowest BCUT2D eigenvalue weighted by molar-refractivity contribution is 1.00. The van der Waals surface area contributed by atoms with E-state index in [0.717, 1.165) is 39.2 Å². The van der Waals surface area contributed by atoms with Crippen LogP contribution in [0, 0.1) is 6.92 Å². The molecule has 0 radical (unpaired) electrons. The number of hydrogen-bond donors (Lipinski definition) is 2. The molecule has 8 heteroatoms. The van der Waals surface area contributed by atoms with Crippen molar-refractivity contribution in [3.8, 4) is 10.6 Å². The molecule has 0 aliphatic heterocycles. The van der Waals surface area contributed by atoms with Crippen molar-refractivity contribution in [2.75, 3.05) is 17.6 Å². The summed E-state index contributed by atoms with van der Waals surface area (Å²) >= 11 is 4.64. The van der Waals surface area contributed by atoms with Gasteiger partial charge in [0.1, 0.15) is 15.8 Å². The summed E-state index contributed by atoms with van der Waals surface area (Å²) in [5, 5.41) is 10.4. The summed E-state index contributed by atoms with van der Waals surface area (Å²) in [5.74, 6) is 0.543. The Hall–Kier alpha value is -1.51. The molecule has 104 valence electrons. The lowest BCUT2D eigenvalue weighted by Crippen LogP contribution is -2.04. The van der Waals surface area contributed by atoms with Gasteiger partial charge in [0.2, 0.25) is 0 Å². The normalized spacial score (nSPS) is 10.8. The zero-order valence-corrected chi connectivity index (χ0v) is 13.2. The molecule has 0 aliphatic rings. The Kier molecular flexibility index (Phi) is 3.95. The fourth-order valence-electron chi connectivity index (χ4n) is 1.76. The van der Waals surface area contributed by atoms with Gasteiger partial charge in [-0.2, -0.15) is 4.37 Å². The van der Waals surface area contributed by atoms with Crippen LogP contribution < -0.4 is 11.1 Å². The molecule has 3 aromatic heterocycles. The van der Waals surface area contributed by atoms with E-state index in [0.29, 0.717) is 5.82 Å². The van der Waals surface area contributed by atoms with Gasteiger partial charge in [-0.1, -0.05) is 0 Å². The van der Waals surface area contributed by atoms with Crippen LogP contribution in [-0.4, -0.2) is 20.9 Å². The monoisotopic (exact) mass is 323 g/mol. The highest BCUT2D eigenvalue weighted by Gasteiger charge is 2.16. The van der Waals surface area contributed by atoms with Crippen LogP contribution >= 0.6 is 34.2 Å². The summed E-state index contributed by atoms with van der Waals surface area (Å²) < 4.78 is 4.23. The van der Waals surface area contributed by atoms with Gasteiger partial charge in [0.05, 0.1) is 10.6 Å². The number of nitrogens with two attached hydrogens (primary N) is 1. The van der Waals surface area contributed by atoms with Gasteiger partial charge in [0.15, 0.2) is 0 Å². The average molecular weight is 323 g/mol. The van der Waals surface area contributed by atoms with Gasteiger partial charge in [-0.25, -0.2) is 9.97 Å². The molecule has 0 amide bonds. The number of anilines is 2. The van der Waals surface area contributed by atoms with Crippen molar-refractivity contribution in [3.63, 3.8) is 0 Å². The van der Waals surface area contributed by atoms with E-state index in [1.165, 1.54) is 11.5 Å². The first-order chi connectivity index (χ1) is 9.74. The second-order valence-electron chi connectivity index (χ2n) is 4.17. The van der Waals surface area contributed by atoms with E-state index >= 15 is 0 Å². The molecule has 0 aromatic carbocycles. The van der Waals surface area contributed by atoms with Crippen LogP contribution in [-0.2, 0) is 6.42 Å². The molecule has 0 spiro atoms. The molecule has 0 bridgehead atoms. The zero-order valence-electron chi connectivity index (χ0n) is 10.8. The third-order valence-electron chi connectivity index (χ3n) is 2.66. The zero-order chi connectivity index (χ0) is 13.9. The van der Waals surface area contributed by atoms with E-state index < -0.39 is 0 Å². The van der Waals surface area contributed by atoms with Gasteiger partial charge < -0.3 is 11.1 Å². The van der Waals surface area contributed by atoms with Crippen LogP contribution in [0.1, 0.15) is 10.7 Å². The first-order valence-electron chi connectivity index (χ1n) is 6.04. The van der Waals surface area contributed by atoms with Crippen molar-refractivity contribution in [2.24, 2.45) is 0 Å². The number of aromatic nitrogens is 3. The highest BCUT2D eigenvalue weighted by Crippen LogP contribution is 2.38. The number of rotatable bonds is 5. The Labute approximate surface area is 128 Å². The molecule has 0 atom stereocenters. The maximum Gasteiger partial charge on any atom is 0.149 e. The summed E-state index contributed by atoms with van der Waals surface area (Å²) in [6.45, 7) is 2.79. The van der Waals surface area contributed by atoms with Crippen molar-refractivity contribution >= 4 is 45.0 Å². The lowest BCUT2D eigenvalue weighted by Gasteiger charge is -2.04. The Morgan fingerprint density at radius 3 is 2.95 bits per heavy atom. The molecule has 0 unspecified atom stereocenters. The summed E-state index contributed by atoms with van der Waals surface area (Å²) in [7, 11) is 0. The molecule has 3 N–H and O–H groups in total. The lowest BCUT2D eigenvalue weighted by atomic mass is 10.3. The van der Waals surface area contributed by atoms with E-state index in [4.69, 9.17) is 5.73 Å². The fraction of sp³-hybridized carbons (Fsp3) is 0.250. The van der Waals surface area contributed by atoms with E-state index in [1.807, 2.05) is 23.9 Å². The second-order valence-corrected chi connectivity index (χ2v) is 6.78. The maximum absolute atomic E-state index is 5.96. The average Bonchev–Trinajstić information content (AvgIpc) is 3.12. The molecular formula is C12H13N5S3. The van der Waals surface area contributed by atoms with Gasteiger partial charge in [0.25, 0.3) is 0 Å². The number of nitrogen functional groups attached to an aromatic ring is 1.